The fourth-order valence-electron chi connectivity index (χ4n) is 0.690. The second-order valence-electron chi connectivity index (χ2n) is 3.26. The molecule has 0 saturated heterocycles. The first-order valence-corrected chi connectivity index (χ1v) is 4.73. The summed E-state index contributed by atoms with van der Waals surface area (Å²) >= 11 is 1.45. The number of hydrogen-bond donors (Lipinski definition) is 2. The van der Waals surface area contributed by atoms with Gasteiger partial charge in [-0.05, 0) is 20.8 Å². The summed E-state index contributed by atoms with van der Waals surface area (Å²) in [6.07, 6.45) is 0. The summed E-state index contributed by atoms with van der Waals surface area (Å²) in [7, 11) is 0. The van der Waals surface area contributed by atoms with E-state index in [1.165, 1.54) is 25.2 Å². The number of aromatic nitrogens is 1. The largest absolute Gasteiger partial charge is 0.381 e. The molecule has 1 rings (SSSR count). The van der Waals surface area contributed by atoms with E-state index in [-0.39, 0.29) is 0 Å². The third kappa shape index (κ3) is 2.78. The molecule has 72 valence electrons. The van der Waals surface area contributed by atoms with Crippen LogP contribution in [0.15, 0.2) is 5.38 Å². The lowest BCUT2D eigenvalue weighted by atomic mass is 10.1. The topological polar surface area (TPSA) is 62.2 Å². The zero-order valence-corrected chi connectivity index (χ0v) is 8.60. The molecule has 0 spiro atoms. The number of thiazole rings is 1. The van der Waals surface area contributed by atoms with E-state index in [1.807, 2.05) is 6.92 Å². The number of nitrogens with zero attached hydrogens (tertiary/aromatic N) is 1. The van der Waals surface area contributed by atoms with E-state index in [2.05, 4.69) is 10.3 Å². The standard InChI is InChI=1S/C8H12N2O2S/c1-5-9-6(4-13-5)10-7(11)8(2,3)12/h4,12H,1-3H3,(H,10,11). The van der Waals surface area contributed by atoms with Gasteiger partial charge in [0.15, 0.2) is 0 Å². The van der Waals surface area contributed by atoms with Crippen molar-refractivity contribution in [2.24, 2.45) is 0 Å². The van der Waals surface area contributed by atoms with E-state index in [0.29, 0.717) is 5.82 Å². The summed E-state index contributed by atoms with van der Waals surface area (Å²) < 4.78 is 0. The van der Waals surface area contributed by atoms with Gasteiger partial charge in [0, 0.05) is 5.38 Å². The second-order valence-corrected chi connectivity index (χ2v) is 4.33. The number of carbonyl (C=O) groups excluding carboxylic acids is 1. The van der Waals surface area contributed by atoms with Crippen molar-refractivity contribution in [2.75, 3.05) is 5.32 Å². The van der Waals surface area contributed by atoms with E-state index in [9.17, 15) is 9.90 Å². The van der Waals surface area contributed by atoms with Crippen LogP contribution in [0.25, 0.3) is 0 Å². The average molecular weight is 200 g/mol. The molecule has 0 aromatic carbocycles. The zero-order valence-electron chi connectivity index (χ0n) is 7.79. The highest BCUT2D eigenvalue weighted by molar-refractivity contribution is 7.09. The summed E-state index contributed by atoms with van der Waals surface area (Å²) in [4.78, 5) is 15.3. The monoisotopic (exact) mass is 200 g/mol. The molecule has 0 fully saturated rings. The van der Waals surface area contributed by atoms with Gasteiger partial charge in [0.25, 0.3) is 5.91 Å². The van der Waals surface area contributed by atoms with Gasteiger partial charge in [0.1, 0.15) is 11.4 Å². The number of aliphatic hydroxyl groups is 1. The van der Waals surface area contributed by atoms with Gasteiger partial charge in [-0.15, -0.1) is 11.3 Å². The van der Waals surface area contributed by atoms with E-state index in [1.54, 1.807) is 5.38 Å². The smallest absolute Gasteiger partial charge is 0.256 e. The summed E-state index contributed by atoms with van der Waals surface area (Å²) in [5.41, 5.74) is -1.36. The number of nitrogens with one attached hydrogen (secondary N) is 1. The van der Waals surface area contributed by atoms with E-state index in [4.69, 9.17) is 0 Å². The van der Waals surface area contributed by atoms with Crippen LogP contribution < -0.4 is 5.32 Å². The fourth-order valence-corrected chi connectivity index (χ4v) is 1.23. The molecular formula is C8H12N2O2S. The van der Waals surface area contributed by atoms with Crippen molar-refractivity contribution >= 4 is 23.1 Å². The summed E-state index contributed by atoms with van der Waals surface area (Å²) in [5.74, 6) is 0.0485. The third-order valence-electron chi connectivity index (χ3n) is 1.42. The highest BCUT2D eigenvalue weighted by Crippen LogP contribution is 2.14. The first-order chi connectivity index (χ1) is 5.89. The van der Waals surface area contributed by atoms with Crippen LogP contribution >= 0.6 is 11.3 Å². The normalized spacial score (nSPS) is 11.4. The van der Waals surface area contributed by atoms with Crippen molar-refractivity contribution in [1.29, 1.82) is 0 Å². The number of carbonyl (C=O) groups is 1. The van der Waals surface area contributed by atoms with Crippen LogP contribution in [0, 0.1) is 6.92 Å². The van der Waals surface area contributed by atoms with Crippen molar-refractivity contribution in [2.45, 2.75) is 26.4 Å². The maximum Gasteiger partial charge on any atom is 0.256 e. The molecule has 0 radical (unpaired) electrons. The number of rotatable bonds is 2. The molecule has 0 aliphatic rings. The highest BCUT2D eigenvalue weighted by atomic mass is 32.1. The van der Waals surface area contributed by atoms with Crippen molar-refractivity contribution < 1.29 is 9.90 Å². The third-order valence-corrected chi connectivity index (χ3v) is 2.19. The van der Waals surface area contributed by atoms with Gasteiger partial charge in [0.05, 0.1) is 5.01 Å². The maximum absolute atomic E-state index is 11.2. The minimum absolute atomic E-state index is 0.446. The Balaban J connectivity index is 2.65. The molecule has 1 amide bonds. The van der Waals surface area contributed by atoms with E-state index >= 15 is 0 Å². The first-order valence-electron chi connectivity index (χ1n) is 3.85. The number of amides is 1. The molecule has 1 heterocycles. The number of anilines is 1. The predicted octanol–water partition coefficient (Wildman–Crippen LogP) is 1.16. The number of aryl methyl sites for hydroxylation is 1. The van der Waals surface area contributed by atoms with Crippen molar-refractivity contribution in [1.82, 2.24) is 4.98 Å². The lowest BCUT2D eigenvalue weighted by Crippen LogP contribution is -2.36. The van der Waals surface area contributed by atoms with Crippen molar-refractivity contribution in [3.63, 3.8) is 0 Å². The molecule has 0 atom stereocenters. The maximum atomic E-state index is 11.2. The SMILES string of the molecule is Cc1nc(NC(=O)C(C)(C)O)cs1. The lowest BCUT2D eigenvalue weighted by molar-refractivity contribution is -0.130. The van der Waals surface area contributed by atoms with Crippen LogP contribution in [0.3, 0.4) is 0 Å². The van der Waals surface area contributed by atoms with Crippen molar-refractivity contribution in [3.8, 4) is 0 Å². The van der Waals surface area contributed by atoms with E-state index in [0.717, 1.165) is 5.01 Å². The second kappa shape index (κ2) is 3.43. The lowest BCUT2D eigenvalue weighted by Gasteiger charge is -2.14. The predicted molar refractivity (Wildman–Crippen MR) is 51.8 cm³/mol. The molecule has 4 nitrogen and oxygen atoms in total. The summed E-state index contributed by atoms with van der Waals surface area (Å²) in [6.45, 7) is 4.72. The fraction of sp³-hybridized carbons (Fsp3) is 0.500. The molecule has 13 heavy (non-hydrogen) atoms. The Morgan fingerprint density at radius 2 is 2.31 bits per heavy atom. The van der Waals surface area contributed by atoms with Gasteiger partial charge in [-0.2, -0.15) is 0 Å². The van der Waals surface area contributed by atoms with Gasteiger partial charge >= 0.3 is 0 Å². The molecule has 2 N–H and O–H groups in total. The van der Waals surface area contributed by atoms with Crippen molar-refractivity contribution in [3.05, 3.63) is 10.4 Å². The van der Waals surface area contributed by atoms with Crippen LogP contribution in [0.5, 0.6) is 0 Å². The molecule has 1 aromatic rings. The van der Waals surface area contributed by atoms with Crippen LogP contribution in [-0.2, 0) is 4.79 Å². The quantitative estimate of drug-likeness (QED) is 0.753. The number of hydrogen-bond acceptors (Lipinski definition) is 4. The van der Waals surface area contributed by atoms with Gasteiger partial charge in [0.2, 0.25) is 0 Å². The molecule has 0 aliphatic carbocycles. The van der Waals surface area contributed by atoms with Crippen LogP contribution in [0.2, 0.25) is 0 Å². The Morgan fingerprint density at radius 1 is 1.69 bits per heavy atom. The highest BCUT2D eigenvalue weighted by Gasteiger charge is 2.24. The Morgan fingerprint density at radius 3 is 2.69 bits per heavy atom. The minimum Gasteiger partial charge on any atom is -0.381 e. The molecule has 0 saturated carbocycles. The molecule has 0 bridgehead atoms. The van der Waals surface area contributed by atoms with Crippen LogP contribution in [0.1, 0.15) is 18.9 Å². The van der Waals surface area contributed by atoms with Gasteiger partial charge in [-0.1, -0.05) is 0 Å². The first kappa shape index (κ1) is 10.1. The van der Waals surface area contributed by atoms with Crippen LogP contribution in [-0.4, -0.2) is 21.6 Å². The Hall–Kier alpha value is -0.940. The minimum atomic E-state index is -1.36. The molecular weight excluding hydrogens is 188 g/mol. The van der Waals surface area contributed by atoms with Gasteiger partial charge in [-0.3, -0.25) is 4.79 Å². The molecule has 0 aliphatic heterocycles. The van der Waals surface area contributed by atoms with Gasteiger partial charge < -0.3 is 10.4 Å². The summed E-state index contributed by atoms with van der Waals surface area (Å²) in [6, 6.07) is 0. The van der Waals surface area contributed by atoms with Crippen LogP contribution in [0.4, 0.5) is 5.82 Å². The Kier molecular flexibility index (Phi) is 2.68. The average Bonchev–Trinajstić information content (AvgIpc) is 2.33. The van der Waals surface area contributed by atoms with E-state index < -0.39 is 11.5 Å². The zero-order chi connectivity index (χ0) is 10.1. The Bertz CT molecular complexity index is 314. The summed E-state index contributed by atoms with van der Waals surface area (Å²) in [5, 5.41) is 14.4. The Labute approximate surface area is 80.6 Å². The van der Waals surface area contributed by atoms with Gasteiger partial charge in [-0.25, -0.2) is 4.98 Å². The molecule has 1 aromatic heterocycles. The molecule has 0 unspecified atom stereocenters. The molecule has 5 heteroatoms.